The molecule has 0 aromatic carbocycles. The average molecular weight is 1140 g/mol. The predicted molar refractivity (Wildman–Crippen MR) is 270 cm³/mol. The number of nitrogens with two attached hydrogens (primary N) is 4. The molecule has 0 bridgehead atoms. The molecule has 0 aromatic rings. The normalized spacial score (nSPS) is 14.1. The lowest BCUT2D eigenvalue weighted by atomic mass is 10.1. The SMILES string of the molecule is N=C(N)NCCC[C@H](NC(=O)[C@H](CO)NC(=O)[C@H](CCC(=O)O)NC(=O)[C@H](CCCNC(=N)N)NC(=O)[C@H](CO)NC(=O)[C@H](CCC(=O)O)NC(=O)[C@H](CCCNC(=N)N)NC(=O)[C@@H](N)CO)C(=O)N[C@@H](CCC(=O)O)C(=O)O. The molecule has 0 aliphatic carbocycles. The third-order valence-electron chi connectivity index (χ3n) is 10.8. The summed E-state index contributed by atoms with van der Waals surface area (Å²) in [6.07, 6.45) is -5.08. The van der Waals surface area contributed by atoms with Crippen molar-refractivity contribution in [3.8, 4) is 0 Å². The highest BCUT2D eigenvalue weighted by atomic mass is 16.4. The first-order valence-corrected chi connectivity index (χ1v) is 24.2. The van der Waals surface area contributed by atoms with Gasteiger partial charge in [0.1, 0.15) is 54.4 Å². The summed E-state index contributed by atoms with van der Waals surface area (Å²) in [5, 5.41) is 114. The van der Waals surface area contributed by atoms with Gasteiger partial charge >= 0.3 is 23.9 Å². The molecule has 0 fully saturated rings. The van der Waals surface area contributed by atoms with Crippen LogP contribution in [0, 0.1) is 16.2 Å². The summed E-state index contributed by atoms with van der Waals surface area (Å²) in [6.45, 7) is -3.38. The first-order chi connectivity index (χ1) is 37.1. The highest BCUT2D eigenvalue weighted by Gasteiger charge is 2.35. The summed E-state index contributed by atoms with van der Waals surface area (Å²) >= 11 is 0. The van der Waals surface area contributed by atoms with Gasteiger partial charge in [-0.1, -0.05) is 0 Å². The number of aliphatic hydroxyl groups is 3. The van der Waals surface area contributed by atoms with Gasteiger partial charge in [-0.25, -0.2) is 4.79 Å². The van der Waals surface area contributed by atoms with Crippen molar-refractivity contribution in [1.29, 1.82) is 16.2 Å². The quantitative estimate of drug-likeness (QED) is 0.0154. The Kier molecular flexibility index (Phi) is 33.8. The molecule has 29 N–H and O–H groups in total. The fourth-order valence-electron chi connectivity index (χ4n) is 6.65. The first kappa shape index (κ1) is 70.3. The number of hydrogen-bond donors (Lipinski definition) is 25. The van der Waals surface area contributed by atoms with E-state index in [-0.39, 0.29) is 58.2 Å². The number of hydrogen-bond acceptors (Lipinski definition) is 19. The monoisotopic (exact) mass is 1130 g/mol. The van der Waals surface area contributed by atoms with E-state index in [9.17, 15) is 88.2 Å². The molecule has 0 spiro atoms. The standard InChI is InChI=1S/C42H74N18O19/c43-19(16-61)31(70)53-20(4-1-13-50-40(44)45)32(71)56-23(7-10-28(64)65)35(74)59-26(17-62)37(76)54-21(5-2-14-51-41(46)47)33(72)57-24(8-11-29(66)67)36(75)60-27(18-63)38(77)55-22(6-3-15-52-42(48)49)34(73)58-25(39(78)79)9-12-30(68)69/h19-27,61-63H,1-18,43H2,(H,53,70)(H,54,76)(H,55,77)(H,56,71)(H,57,72)(H,58,73)(H,59,74)(H,60,75)(H,64,65)(H,66,67)(H,68,69)(H,78,79)(H4,44,45,50)(H4,46,47,51)(H4,48,49,52)/t19-,20-,21-,22-,23-,24-,25-,26-,27-/m0/s1. The number of guanidine groups is 3. The third-order valence-corrected chi connectivity index (χ3v) is 10.8. The van der Waals surface area contributed by atoms with Crippen LogP contribution in [0.2, 0.25) is 0 Å². The van der Waals surface area contributed by atoms with Gasteiger partial charge in [0.05, 0.1) is 19.8 Å². The molecule has 0 aromatic heterocycles. The van der Waals surface area contributed by atoms with E-state index in [1.54, 1.807) is 0 Å². The maximum absolute atomic E-state index is 14.0. The van der Waals surface area contributed by atoms with Gasteiger partial charge < -0.3 is 117 Å². The zero-order valence-electron chi connectivity index (χ0n) is 42.8. The molecule has 0 aliphatic heterocycles. The molecule has 0 heterocycles. The third kappa shape index (κ3) is 30.6. The lowest BCUT2D eigenvalue weighted by Gasteiger charge is -2.27. The maximum Gasteiger partial charge on any atom is 0.326 e. The summed E-state index contributed by atoms with van der Waals surface area (Å²) in [5.41, 5.74) is 21.4. The Morgan fingerprint density at radius 3 is 0.810 bits per heavy atom. The van der Waals surface area contributed by atoms with Gasteiger partial charge in [-0.3, -0.25) is 69.0 Å². The van der Waals surface area contributed by atoms with Gasteiger partial charge in [-0.15, -0.1) is 0 Å². The summed E-state index contributed by atoms with van der Waals surface area (Å²) in [7, 11) is 0. The topological polar surface area (TPSA) is 654 Å². The molecule has 8 amide bonds. The Morgan fingerprint density at radius 2 is 0.570 bits per heavy atom. The number of amides is 8. The van der Waals surface area contributed by atoms with Crippen molar-refractivity contribution in [2.75, 3.05) is 39.5 Å². The van der Waals surface area contributed by atoms with Crippen molar-refractivity contribution in [2.45, 2.75) is 131 Å². The summed E-state index contributed by atoms with van der Waals surface area (Å²) < 4.78 is 0. The molecular weight excluding hydrogens is 1060 g/mol. The fourth-order valence-corrected chi connectivity index (χ4v) is 6.65. The van der Waals surface area contributed by atoms with Crippen molar-refractivity contribution in [1.82, 2.24) is 58.5 Å². The second-order valence-electron chi connectivity index (χ2n) is 17.2. The van der Waals surface area contributed by atoms with Crippen molar-refractivity contribution in [3.05, 3.63) is 0 Å². The Morgan fingerprint density at radius 1 is 0.342 bits per heavy atom. The van der Waals surface area contributed by atoms with Gasteiger partial charge in [0.15, 0.2) is 17.9 Å². The number of carboxylic acids is 4. The second kappa shape index (κ2) is 37.9. The van der Waals surface area contributed by atoms with Crippen LogP contribution in [0.4, 0.5) is 0 Å². The number of carboxylic acid groups (broad SMARTS) is 4. The smallest absolute Gasteiger partial charge is 0.326 e. The molecule has 0 unspecified atom stereocenters. The number of aliphatic carboxylic acids is 4. The van der Waals surface area contributed by atoms with Gasteiger partial charge in [0.25, 0.3) is 0 Å². The van der Waals surface area contributed by atoms with Crippen molar-refractivity contribution in [3.63, 3.8) is 0 Å². The lowest BCUT2D eigenvalue weighted by Crippen LogP contribution is -2.61. The summed E-state index contributed by atoms with van der Waals surface area (Å²) in [5.74, 6) is -17.0. The van der Waals surface area contributed by atoms with Crippen LogP contribution in [-0.4, -0.2) is 219 Å². The largest absolute Gasteiger partial charge is 0.481 e. The van der Waals surface area contributed by atoms with Gasteiger partial charge in [-0.2, -0.15) is 0 Å². The van der Waals surface area contributed by atoms with Crippen LogP contribution in [0.3, 0.4) is 0 Å². The van der Waals surface area contributed by atoms with Gasteiger partial charge in [0, 0.05) is 38.9 Å². The Labute approximate surface area is 450 Å². The second-order valence-corrected chi connectivity index (χ2v) is 17.2. The molecule has 446 valence electrons. The van der Waals surface area contributed by atoms with Crippen LogP contribution < -0.4 is 81.4 Å². The molecular formula is C42H74N18O19. The van der Waals surface area contributed by atoms with Gasteiger partial charge in [-0.05, 0) is 57.8 Å². The fraction of sp³-hybridized carbons (Fsp3) is 0.643. The lowest BCUT2D eigenvalue weighted by molar-refractivity contribution is -0.144. The minimum absolute atomic E-state index is 0.0144. The predicted octanol–water partition coefficient (Wildman–Crippen LogP) is -10.4. The van der Waals surface area contributed by atoms with Crippen molar-refractivity contribution in [2.24, 2.45) is 22.9 Å². The molecule has 37 heteroatoms. The Bertz CT molecular complexity index is 2160. The van der Waals surface area contributed by atoms with E-state index < -0.39 is 202 Å². The number of rotatable bonds is 41. The molecule has 0 saturated heterocycles. The van der Waals surface area contributed by atoms with E-state index in [0.717, 1.165) is 0 Å². The zero-order valence-corrected chi connectivity index (χ0v) is 42.8. The highest BCUT2D eigenvalue weighted by molar-refractivity contribution is 5.98. The van der Waals surface area contributed by atoms with E-state index in [1.165, 1.54) is 0 Å². The maximum atomic E-state index is 14.0. The van der Waals surface area contributed by atoms with E-state index in [4.69, 9.17) is 44.3 Å². The molecule has 0 rings (SSSR count). The first-order valence-electron chi connectivity index (χ1n) is 24.2. The molecule has 37 nitrogen and oxygen atoms in total. The number of aliphatic hydroxyl groups excluding tert-OH is 3. The van der Waals surface area contributed by atoms with E-state index in [2.05, 4.69) is 58.5 Å². The average Bonchev–Trinajstić information content (AvgIpc) is 3.37. The van der Waals surface area contributed by atoms with Crippen molar-refractivity contribution >= 4 is 89.0 Å². The van der Waals surface area contributed by atoms with E-state index in [0.29, 0.717) is 0 Å². The Hall–Kier alpha value is -8.71. The highest BCUT2D eigenvalue weighted by Crippen LogP contribution is 2.08. The molecule has 0 aliphatic rings. The van der Waals surface area contributed by atoms with Gasteiger partial charge in [0.2, 0.25) is 47.3 Å². The van der Waals surface area contributed by atoms with Crippen LogP contribution >= 0.6 is 0 Å². The summed E-state index contributed by atoms with van der Waals surface area (Å²) in [6, 6.07) is -15.7. The van der Waals surface area contributed by atoms with Crippen LogP contribution in [0.15, 0.2) is 0 Å². The van der Waals surface area contributed by atoms with E-state index in [1.807, 2.05) is 0 Å². The minimum atomic E-state index is -1.98. The van der Waals surface area contributed by atoms with Crippen LogP contribution in [0.1, 0.15) is 77.0 Å². The number of carbonyl (C=O) groups is 12. The molecule has 0 radical (unpaired) electrons. The molecule has 79 heavy (non-hydrogen) atoms. The molecule has 0 saturated carbocycles. The Balaban J connectivity index is 6.75. The molecule has 9 atom stereocenters. The van der Waals surface area contributed by atoms with Crippen LogP contribution in [-0.2, 0) is 57.5 Å². The van der Waals surface area contributed by atoms with Crippen LogP contribution in [0.5, 0.6) is 0 Å². The zero-order chi connectivity index (χ0) is 60.4. The number of nitrogens with one attached hydrogen (secondary N) is 14. The summed E-state index contributed by atoms with van der Waals surface area (Å²) in [4.78, 5) is 154. The number of carbonyl (C=O) groups excluding carboxylic acids is 8. The van der Waals surface area contributed by atoms with Crippen LogP contribution in [0.25, 0.3) is 0 Å². The van der Waals surface area contributed by atoms with Crippen molar-refractivity contribution < 1.29 is 93.3 Å². The minimum Gasteiger partial charge on any atom is -0.481 e. The van der Waals surface area contributed by atoms with E-state index >= 15 is 0 Å².